The lowest BCUT2D eigenvalue weighted by Gasteiger charge is -2.13. The van der Waals surface area contributed by atoms with Crippen molar-refractivity contribution in [2.24, 2.45) is 0 Å². The number of hydrogen-bond donors (Lipinski definition) is 1. The Morgan fingerprint density at radius 3 is 2.39 bits per heavy atom. The Kier molecular flexibility index (Phi) is 4.63. The monoisotopic (exact) mass is 325 g/mol. The molecule has 23 heavy (non-hydrogen) atoms. The average Bonchev–Trinajstić information content (AvgIpc) is 3.05. The second kappa shape index (κ2) is 7.02. The summed E-state index contributed by atoms with van der Waals surface area (Å²) in [6, 6.07) is 18.9. The molecule has 5 nitrogen and oxygen atoms in total. The van der Waals surface area contributed by atoms with Crippen LogP contribution in [0.3, 0.4) is 0 Å². The Balaban J connectivity index is 1.63. The van der Waals surface area contributed by atoms with E-state index in [0.29, 0.717) is 10.9 Å². The van der Waals surface area contributed by atoms with Gasteiger partial charge in [0.25, 0.3) is 5.91 Å². The fourth-order valence-electron chi connectivity index (χ4n) is 1.93. The SMILES string of the molecule is CC(Oc1ccccc1)C(=O)Nc1nnc(-c2ccccc2)s1. The van der Waals surface area contributed by atoms with Gasteiger partial charge >= 0.3 is 0 Å². The molecule has 0 fully saturated rings. The molecule has 0 aliphatic heterocycles. The van der Waals surface area contributed by atoms with Gasteiger partial charge in [-0.3, -0.25) is 10.1 Å². The van der Waals surface area contributed by atoms with Gasteiger partial charge in [-0.15, -0.1) is 10.2 Å². The van der Waals surface area contributed by atoms with E-state index in [4.69, 9.17) is 4.74 Å². The largest absolute Gasteiger partial charge is 0.481 e. The summed E-state index contributed by atoms with van der Waals surface area (Å²) in [6.45, 7) is 1.70. The molecule has 1 atom stereocenters. The summed E-state index contributed by atoms with van der Waals surface area (Å²) in [5.41, 5.74) is 0.971. The van der Waals surface area contributed by atoms with E-state index in [0.717, 1.165) is 10.6 Å². The second-order valence-electron chi connectivity index (χ2n) is 4.84. The summed E-state index contributed by atoms with van der Waals surface area (Å²) in [5, 5.41) is 12.0. The van der Waals surface area contributed by atoms with Crippen LogP contribution in [0.15, 0.2) is 60.7 Å². The number of carbonyl (C=O) groups is 1. The lowest BCUT2D eigenvalue weighted by Crippen LogP contribution is -2.30. The van der Waals surface area contributed by atoms with Crippen LogP contribution in [0.25, 0.3) is 10.6 Å². The third-order valence-electron chi connectivity index (χ3n) is 3.10. The van der Waals surface area contributed by atoms with Gasteiger partial charge in [0, 0.05) is 5.56 Å². The van der Waals surface area contributed by atoms with E-state index < -0.39 is 6.10 Å². The molecule has 1 N–H and O–H groups in total. The molecule has 0 saturated carbocycles. The maximum atomic E-state index is 12.2. The first-order chi connectivity index (χ1) is 11.2. The number of carbonyl (C=O) groups excluding carboxylic acids is 1. The van der Waals surface area contributed by atoms with Gasteiger partial charge in [-0.1, -0.05) is 59.9 Å². The Morgan fingerprint density at radius 1 is 1.04 bits per heavy atom. The zero-order chi connectivity index (χ0) is 16.1. The van der Waals surface area contributed by atoms with Gasteiger partial charge in [0.2, 0.25) is 5.13 Å². The highest BCUT2D eigenvalue weighted by Gasteiger charge is 2.17. The number of rotatable bonds is 5. The summed E-state index contributed by atoms with van der Waals surface area (Å²) in [7, 11) is 0. The van der Waals surface area contributed by atoms with Crippen molar-refractivity contribution in [3.05, 3.63) is 60.7 Å². The number of ether oxygens (including phenoxy) is 1. The van der Waals surface area contributed by atoms with Crippen molar-refractivity contribution in [2.75, 3.05) is 5.32 Å². The summed E-state index contributed by atoms with van der Waals surface area (Å²) in [5.74, 6) is 0.391. The number of para-hydroxylation sites is 1. The molecule has 3 rings (SSSR count). The first-order valence-electron chi connectivity index (χ1n) is 7.14. The van der Waals surface area contributed by atoms with E-state index in [2.05, 4.69) is 15.5 Å². The number of benzene rings is 2. The van der Waals surface area contributed by atoms with Crippen LogP contribution in [0.1, 0.15) is 6.92 Å². The van der Waals surface area contributed by atoms with Crippen LogP contribution < -0.4 is 10.1 Å². The Hall–Kier alpha value is -2.73. The van der Waals surface area contributed by atoms with E-state index in [-0.39, 0.29) is 5.91 Å². The highest BCUT2D eigenvalue weighted by atomic mass is 32.1. The van der Waals surface area contributed by atoms with Crippen LogP contribution in [-0.4, -0.2) is 22.2 Å². The van der Waals surface area contributed by atoms with E-state index >= 15 is 0 Å². The summed E-state index contributed by atoms with van der Waals surface area (Å²) in [4.78, 5) is 12.2. The zero-order valence-electron chi connectivity index (χ0n) is 12.5. The van der Waals surface area contributed by atoms with Crippen LogP contribution in [0.2, 0.25) is 0 Å². The smallest absolute Gasteiger partial charge is 0.266 e. The number of nitrogens with one attached hydrogen (secondary N) is 1. The van der Waals surface area contributed by atoms with Crippen LogP contribution in [0.5, 0.6) is 5.75 Å². The van der Waals surface area contributed by atoms with E-state index in [9.17, 15) is 4.79 Å². The average molecular weight is 325 g/mol. The van der Waals surface area contributed by atoms with Crippen molar-refractivity contribution in [3.63, 3.8) is 0 Å². The van der Waals surface area contributed by atoms with E-state index in [1.165, 1.54) is 11.3 Å². The van der Waals surface area contributed by atoms with Crippen molar-refractivity contribution in [3.8, 4) is 16.3 Å². The number of hydrogen-bond acceptors (Lipinski definition) is 5. The van der Waals surface area contributed by atoms with Crippen molar-refractivity contribution in [2.45, 2.75) is 13.0 Å². The first-order valence-corrected chi connectivity index (χ1v) is 7.95. The molecule has 0 aliphatic rings. The minimum Gasteiger partial charge on any atom is -0.481 e. The van der Waals surface area contributed by atoms with Gasteiger partial charge in [0.15, 0.2) is 6.10 Å². The standard InChI is InChI=1S/C17H15N3O2S/c1-12(22-14-10-6-3-7-11-14)15(21)18-17-20-19-16(23-17)13-8-4-2-5-9-13/h2-12H,1H3,(H,18,20,21). The lowest BCUT2D eigenvalue weighted by molar-refractivity contribution is -0.122. The summed E-state index contributed by atoms with van der Waals surface area (Å²) >= 11 is 1.33. The van der Waals surface area contributed by atoms with Crippen LogP contribution in [0.4, 0.5) is 5.13 Å². The van der Waals surface area contributed by atoms with Gasteiger partial charge in [-0.2, -0.15) is 0 Å². The van der Waals surface area contributed by atoms with Crippen LogP contribution in [0, 0.1) is 0 Å². The molecule has 1 aromatic heterocycles. The van der Waals surface area contributed by atoms with Gasteiger partial charge in [0.05, 0.1) is 0 Å². The van der Waals surface area contributed by atoms with Crippen molar-refractivity contribution >= 4 is 22.4 Å². The maximum absolute atomic E-state index is 12.2. The third-order valence-corrected chi connectivity index (χ3v) is 3.99. The zero-order valence-corrected chi connectivity index (χ0v) is 13.3. The van der Waals surface area contributed by atoms with Crippen LogP contribution >= 0.6 is 11.3 Å². The Bertz CT molecular complexity index is 775. The molecule has 1 amide bonds. The molecular weight excluding hydrogens is 310 g/mol. The quantitative estimate of drug-likeness (QED) is 0.778. The van der Waals surface area contributed by atoms with Gasteiger partial charge < -0.3 is 4.74 Å². The predicted octanol–water partition coefficient (Wildman–Crippen LogP) is 3.61. The first kappa shape index (κ1) is 15.2. The molecule has 0 radical (unpaired) electrons. The molecule has 6 heteroatoms. The van der Waals surface area contributed by atoms with Crippen molar-refractivity contribution in [1.82, 2.24) is 10.2 Å². The lowest BCUT2D eigenvalue weighted by atomic mass is 10.2. The van der Waals surface area contributed by atoms with Gasteiger partial charge in [-0.25, -0.2) is 0 Å². The summed E-state index contributed by atoms with van der Waals surface area (Å²) < 4.78 is 5.58. The molecule has 1 heterocycles. The van der Waals surface area contributed by atoms with Crippen molar-refractivity contribution in [1.29, 1.82) is 0 Å². The Morgan fingerprint density at radius 2 is 1.70 bits per heavy atom. The molecule has 0 aliphatic carbocycles. The summed E-state index contributed by atoms with van der Waals surface area (Å²) in [6.07, 6.45) is -0.624. The number of amides is 1. The molecular formula is C17H15N3O2S. The molecule has 3 aromatic rings. The van der Waals surface area contributed by atoms with Crippen LogP contribution in [-0.2, 0) is 4.79 Å². The molecule has 1 unspecified atom stereocenters. The Labute approximate surface area is 138 Å². The second-order valence-corrected chi connectivity index (χ2v) is 5.82. The highest BCUT2D eigenvalue weighted by Crippen LogP contribution is 2.26. The third kappa shape index (κ3) is 3.92. The minimum absolute atomic E-state index is 0.260. The fraction of sp³-hybridized carbons (Fsp3) is 0.118. The molecule has 2 aromatic carbocycles. The van der Waals surface area contributed by atoms with E-state index in [1.54, 1.807) is 6.92 Å². The van der Waals surface area contributed by atoms with Gasteiger partial charge in [-0.05, 0) is 19.1 Å². The van der Waals surface area contributed by atoms with Gasteiger partial charge in [0.1, 0.15) is 10.8 Å². The number of nitrogens with zero attached hydrogens (tertiary/aromatic N) is 2. The molecule has 0 spiro atoms. The molecule has 0 saturated heterocycles. The minimum atomic E-state index is -0.624. The van der Waals surface area contributed by atoms with E-state index in [1.807, 2.05) is 60.7 Å². The molecule has 116 valence electrons. The molecule has 0 bridgehead atoms. The fourth-order valence-corrected chi connectivity index (χ4v) is 2.69. The van der Waals surface area contributed by atoms with Crippen molar-refractivity contribution < 1.29 is 9.53 Å². The maximum Gasteiger partial charge on any atom is 0.266 e. The topological polar surface area (TPSA) is 64.1 Å². The number of anilines is 1. The highest BCUT2D eigenvalue weighted by molar-refractivity contribution is 7.18. The number of aromatic nitrogens is 2. The predicted molar refractivity (Wildman–Crippen MR) is 90.5 cm³/mol. The normalized spacial score (nSPS) is 11.7.